The molecule has 100 valence electrons. The summed E-state index contributed by atoms with van der Waals surface area (Å²) in [5.41, 5.74) is 7.90. The van der Waals surface area contributed by atoms with E-state index < -0.39 is 0 Å². The molecular weight excluding hydrogens is 283 g/mol. The molecule has 0 aliphatic rings. The molecule has 0 radical (unpaired) electrons. The van der Waals surface area contributed by atoms with E-state index >= 15 is 0 Å². The van der Waals surface area contributed by atoms with Gasteiger partial charge in [0.15, 0.2) is 0 Å². The maximum absolute atomic E-state index is 6.11. The fraction of sp³-hybridized carbons (Fsp3) is 0.143. The maximum Gasteiger partial charge on any atom is 0.144 e. The summed E-state index contributed by atoms with van der Waals surface area (Å²) in [6.45, 7) is 2.46. The van der Waals surface area contributed by atoms with Gasteiger partial charge >= 0.3 is 0 Å². The van der Waals surface area contributed by atoms with Crippen molar-refractivity contribution in [1.82, 2.24) is 0 Å². The van der Waals surface area contributed by atoms with Gasteiger partial charge in [0, 0.05) is 11.8 Å². The molecule has 0 amide bonds. The maximum atomic E-state index is 6.11. The number of hydrogen-bond acceptors (Lipinski definition) is 3. The molecule has 2 aromatic carbocycles. The van der Waals surface area contributed by atoms with Crippen molar-refractivity contribution >= 4 is 40.3 Å². The molecule has 0 aromatic heterocycles. The van der Waals surface area contributed by atoms with E-state index in [1.165, 1.54) is 0 Å². The fourth-order valence-electron chi connectivity index (χ4n) is 1.65. The summed E-state index contributed by atoms with van der Waals surface area (Å²) in [5, 5.41) is 4.28. The number of nitrogens with one attached hydrogen (secondary N) is 1. The molecule has 0 aliphatic heterocycles. The number of nitrogen functional groups attached to an aromatic ring is 1. The van der Waals surface area contributed by atoms with Crippen molar-refractivity contribution in [2.75, 3.05) is 17.7 Å². The second-order valence-corrected chi connectivity index (χ2v) is 4.72. The summed E-state index contributed by atoms with van der Waals surface area (Å²) >= 11 is 12.2. The summed E-state index contributed by atoms with van der Waals surface area (Å²) in [4.78, 5) is 0. The largest absolute Gasteiger partial charge is 0.492 e. The Balaban J connectivity index is 2.31. The topological polar surface area (TPSA) is 47.3 Å². The van der Waals surface area contributed by atoms with Gasteiger partial charge in [-0.05, 0) is 31.2 Å². The van der Waals surface area contributed by atoms with E-state index in [4.69, 9.17) is 33.7 Å². The molecule has 0 saturated carbocycles. The number of anilines is 3. The third kappa shape index (κ3) is 3.25. The van der Waals surface area contributed by atoms with Gasteiger partial charge < -0.3 is 15.8 Å². The van der Waals surface area contributed by atoms with E-state index in [0.29, 0.717) is 33.8 Å². The molecule has 19 heavy (non-hydrogen) atoms. The van der Waals surface area contributed by atoms with Gasteiger partial charge in [-0.25, -0.2) is 0 Å². The van der Waals surface area contributed by atoms with Crippen molar-refractivity contribution in [3.63, 3.8) is 0 Å². The van der Waals surface area contributed by atoms with Crippen molar-refractivity contribution in [3.8, 4) is 5.75 Å². The Morgan fingerprint density at radius 2 is 1.84 bits per heavy atom. The van der Waals surface area contributed by atoms with Crippen molar-refractivity contribution in [2.45, 2.75) is 6.92 Å². The standard InChI is InChI=1S/C14H14Cl2N2O/c1-2-19-13-8-9(6-7-12(13)17)18-14-10(15)4-3-5-11(14)16/h3-8,18H,2,17H2,1H3. The normalized spacial score (nSPS) is 10.3. The summed E-state index contributed by atoms with van der Waals surface area (Å²) < 4.78 is 5.44. The number of para-hydroxylation sites is 1. The number of nitrogens with two attached hydrogens (primary N) is 1. The van der Waals surface area contributed by atoms with Crippen LogP contribution in [0.15, 0.2) is 36.4 Å². The summed E-state index contributed by atoms with van der Waals surface area (Å²) in [5.74, 6) is 0.635. The minimum atomic E-state index is 0.556. The molecule has 0 unspecified atom stereocenters. The molecule has 0 spiro atoms. The van der Waals surface area contributed by atoms with E-state index in [9.17, 15) is 0 Å². The van der Waals surface area contributed by atoms with Crippen LogP contribution in [-0.4, -0.2) is 6.61 Å². The van der Waals surface area contributed by atoms with E-state index in [-0.39, 0.29) is 0 Å². The van der Waals surface area contributed by atoms with Crippen LogP contribution in [-0.2, 0) is 0 Å². The van der Waals surface area contributed by atoms with Gasteiger partial charge in [-0.15, -0.1) is 0 Å². The summed E-state index contributed by atoms with van der Waals surface area (Å²) in [6, 6.07) is 10.8. The lowest BCUT2D eigenvalue weighted by Crippen LogP contribution is -1.99. The van der Waals surface area contributed by atoms with Crippen molar-refractivity contribution < 1.29 is 4.74 Å². The molecular formula is C14H14Cl2N2O. The molecule has 3 nitrogen and oxygen atoms in total. The first kappa shape index (κ1) is 13.8. The van der Waals surface area contributed by atoms with Crippen molar-refractivity contribution in [2.24, 2.45) is 0 Å². The fourth-order valence-corrected chi connectivity index (χ4v) is 2.15. The van der Waals surface area contributed by atoms with Gasteiger partial charge in [-0.1, -0.05) is 29.3 Å². The van der Waals surface area contributed by atoms with E-state index in [0.717, 1.165) is 5.69 Å². The van der Waals surface area contributed by atoms with Crippen LogP contribution in [0.5, 0.6) is 5.75 Å². The lowest BCUT2D eigenvalue weighted by atomic mass is 10.2. The molecule has 0 saturated heterocycles. The average Bonchev–Trinajstić information content (AvgIpc) is 2.38. The van der Waals surface area contributed by atoms with Crippen molar-refractivity contribution in [1.29, 1.82) is 0 Å². The van der Waals surface area contributed by atoms with Crippen LogP contribution >= 0.6 is 23.2 Å². The molecule has 0 heterocycles. The Morgan fingerprint density at radius 3 is 2.47 bits per heavy atom. The third-order valence-corrected chi connectivity index (χ3v) is 3.18. The summed E-state index contributed by atoms with van der Waals surface area (Å²) in [7, 11) is 0. The molecule has 0 aliphatic carbocycles. The highest BCUT2D eigenvalue weighted by molar-refractivity contribution is 6.39. The monoisotopic (exact) mass is 296 g/mol. The van der Waals surface area contributed by atoms with Crippen LogP contribution in [0.2, 0.25) is 10.0 Å². The SMILES string of the molecule is CCOc1cc(Nc2c(Cl)cccc2Cl)ccc1N. The Kier molecular flexibility index (Phi) is 4.40. The van der Waals surface area contributed by atoms with Gasteiger partial charge in [0.05, 0.1) is 28.0 Å². The predicted octanol–water partition coefficient (Wildman–Crippen LogP) is 4.72. The molecule has 0 atom stereocenters. The second-order valence-electron chi connectivity index (χ2n) is 3.91. The third-order valence-electron chi connectivity index (χ3n) is 2.55. The van der Waals surface area contributed by atoms with E-state index in [1.54, 1.807) is 24.3 Å². The van der Waals surface area contributed by atoms with Crippen LogP contribution in [0.4, 0.5) is 17.1 Å². The second kappa shape index (κ2) is 6.04. The lowest BCUT2D eigenvalue weighted by molar-refractivity contribution is 0.342. The number of rotatable bonds is 4. The summed E-state index contributed by atoms with van der Waals surface area (Å²) in [6.07, 6.45) is 0. The first-order valence-corrected chi connectivity index (χ1v) is 6.60. The van der Waals surface area contributed by atoms with E-state index in [2.05, 4.69) is 5.32 Å². The number of ether oxygens (including phenoxy) is 1. The Labute approximate surface area is 122 Å². The first-order valence-electron chi connectivity index (χ1n) is 5.85. The smallest absolute Gasteiger partial charge is 0.144 e. The van der Waals surface area contributed by atoms with Crippen LogP contribution in [0.1, 0.15) is 6.92 Å². The molecule has 0 fully saturated rings. The Bertz CT molecular complexity index is 567. The van der Waals surface area contributed by atoms with Gasteiger partial charge in [0.25, 0.3) is 0 Å². The Hall–Kier alpha value is -1.58. The van der Waals surface area contributed by atoms with Gasteiger partial charge in [-0.3, -0.25) is 0 Å². The van der Waals surface area contributed by atoms with Crippen LogP contribution in [0.3, 0.4) is 0 Å². The van der Waals surface area contributed by atoms with Crippen molar-refractivity contribution in [3.05, 3.63) is 46.4 Å². The Morgan fingerprint density at radius 1 is 1.16 bits per heavy atom. The highest BCUT2D eigenvalue weighted by atomic mass is 35.5. The van der Waals surface area contributed by atoms with E-state index in [1.807, 2.05) is 19.1 Å². The zero-order chi connectivity index (χ0) is 13.8. The first-order chi connectivity index (χ1) is 9.11. The minimum absolute atomic E-state index is 0.556. The van der Waals surface area contributed by atoms with Crippen LogP contribution in [0, 0.1) is 0 Å². The molecule has 3 N–H and O–H groups in total. The molecule has 0 bridgehead atoms. The lowest BCUT2D eigenvalue weighted by Gasteiger charge is -2.13. The van der Waals surface area contributed by atoms with Gasteiger partial charge in [-0.2, -0.15) is 0 Å². The minimum Gasteiger partial charge on any atom is -0.492 e. The number of hydrogen-bond donors (Lipinski definition) is 2. The van der Waals surface area contributed by atoms with Crippen LogP contribution in [0.25, 0.3) is 0 Å². The highest BCUT2D eigenvalue weighted by Gasteiger charge is 2.07. The highest BCUT2D eigenvalue weighted by Crippen LogP contribution is 2.34. The zero-order valence-corrected chi connectivity index (χ0v) is 11.9. The molecule has 5 heteroatoms. The molecule has 2 rings (SSSR count). The number of benzene rings is 2. The quantitative estimate of drug-likeness (QED) is 0.803. The predicted molar refractivity (Wildman–Crippen MR) is 81.8 cm³/mol. The van der Waals surface area contributed by atoms with Gasteiger partial charge in [0.2, 0.25) is 0 Å². The van der Waals surface area contributed by atoms with Crippen LogP contribution < -0.4 is 15.8 Å². The molecule has 2 aromatic rings. The van der Waals surface area contributed by atoms with Gasteiger partial charge in [0.1, 0.15) is 5.75 Å². The zero-order valence-electron chi connectivity index (χ0n) is 10.4. The average molecular weight is 297 g/mol. The number of halogens is 2.